The fourth-order valence-corrected chi connectivity index (χ4v) is 2.47. The number of aliphatic carboxylic acids is 1. The van der Waals surface area contributed by atoms with Crippen LogP contribution in [0.5, 0.6) is 0 Å². The van der Waals surface area contributed by atoms with E-state index >= 15 is 0 Å². The summed E-state index contributed by atoms with van der Waals surface area (Å²) < 4.78 is 5.20. The van der Waals surface area contributed by atoms with Crippen LogP contribution < -0.4 is 0 Å². The van der Waals surface area contributed by atoms with Crippen LogP contribution in [0.4, 0.5) is 0 Å². The van der Waals surface area contributed by atoms with Crippen molar-refractivity contribution < 1.29 is 19.4 Å². The van der Waals surface area contributed by atoms with Crippen molar-refractivity contribution in [2.45, 2.75) is 31.7 Å². The van der Waals surface area contributed by atoms with Crippen molar-refractivity contribution >= 4 is 11.9 Å². The molecule has 2 aliphatic heterocycles. The first kappa shape index (κ1) is 11.4. The number of hydrogen-bond donors (Lipinski definition) is 1. The number of ether oxygens (including phenoxy) is 1. The van der Waals surface area contributed by atoms with Crippen molar-refractivity contribution in [3.05, 3.63) is 0 Å². The van der Waals surface area contributed by atoms with E-state index < -0.39 is 12.0 Å². The van der Waals surface area contributed by atoms with Crippen LogP contribution in [-0.4, -0.2) is 47.7 Å². The molecule has 0 radical (unpaired) electrons. The average molecular weight is 227 g/mol. The molecule has 2 fully saturated rings. The average Bonchev–Trinajstić information content (AvgIpc) is 2.78. The molecule has 5 heteroatoms. The molecule has 0 aliphatic carbocycles. The van der Waals surface area contributed by atoms with Gasteiger partial charge in [0.05, 0.1) is 0 Å². The zero-order valence-electron chi connectivity index (χ0n) is 9.22. The van der Waals surface area contributed by atoms with E-state index in [9.17, 15) is 9.59 Å². The first-order valence-electron chi connectivity index (χ1n) is 5.81. The highest BCUT2D eigenvalue weighted by Gasteiger charge is 2.37. The van der Waals surface area contributed by atoms with Gasteiger partial charge in [-0.25, -0.2) is 4.79 Å². The summed E-state index contributed by atoms with van der Waals surface area (Å²) in [6, 6.07) is -0.602. The standard InChI is InChI=1S/C11H17NO4/c13-10(8-3-6-16-7-4-8)12-5-1-2-9(12)11(14)15/h8-9H,1-7H2,(H,14,15)/t9-/m0/s1. The minimum absolute atomic E-state index is 0.00759. The third kappa shape index (κ3) is 2.19. The van der Waals surface area contributed by atoms with E-state index in [1.807, 2.05) is 0 Å². The minimum Gasteiger partial charge on any atom is -0.480 e. The SMILES string of the molecule is O=C(O)[C@@H]1CCCN1C(=O)C1CCOCC1. The van der Waals surface area contributed by atoms with Crippen molar-refractivity contribution in [1.29, 1.82) is 0 Å². The molecule has 0 spiro atoms. The molecule has 0 aromatic carbocycles. The summed E-state index contributed by atoms with van der Waals surface area (Å²) in [5.74, 6) is -0.903. The highest BCUT2D eigenvalue weighted by molar-refractivity contribution is 5.85. The zero-order chi connectivity index (χ0) is 11.5. The minimum atomic E-state index is -0.877. The van der Waals surface area contributed by atoms with E-state index in [2.05, 4.69) is 0 Å². The maximum atomic E-state index is 12.1. The van der Waals surface area contributed by atoms with Gasteiger partial charge in [0.25, 0.3) is 0 Å². The lowest BCUT2D eigenvalue weighted by Gasteiger charge is -2.28. The molecule has 0 aromatic rings. The second kappa shape index (κ2) is 4.82. The van der Waals surface area contributed by atoms with E-state index in [1.165, 1.54) is 0 Å². The molecule has 90 valence electrons. The number of amides is 1. The normalized spacial score (nSPS) is 27.0. The van der Waals surface area contributed by atoms with Crippen molar-refractivity contribution in [1.82, 2.24) is 4.90 Å². The lowest BCUT2D eigenvalue weighted by atomic mass is 9.98. The van der Waals surface area contributed by atoms with Crippen molar-refractivity contribution in [2.75, 3.05) is 19.8 Å². The molecule has 2 aliphatic rings. The third-order valence-electron chi connectivity index (χ3n) is 3.39. The predicted molar refractivity (Wildman–Crippen MR) is 55.9 cm³/mol. The summed E-state index contributed by atoms with van der Waals surface area (Å²) in [7, 11) is 0. The van der Waals surface area contributed by atoms with Crippen LogP contribution in [0.15, 0.2) is 0 Å². The number of hydrogen-bond acceptors (Lipinski definition) is 3. The Kier molecular flexibility index (Phi) is 3.43. The van der Waals surface area contributed by atoms with E-state index in [-0.39, 0.29) is 11.8 Å². The van der Waals surface area contributed by atoms with Crippen molar-refractivity contribution in [3.63, 3.8) is 0 Å². The van der Waals surface area contributed by atoms with Gasteiger partial charge in [0.2, 0.25) is 5.91 Å². The highest BCUT2D eigenvalue weighted by atomic mass is 16.5. The van der Waals surface area contributed by atoms with Gasteiger partial charge in [-0.15, -0.1) is 0 Å². The summed E-state index contributed by atoms with van der Waals surface area (Å²) in [6.45, 7) is 1.82. The van der Waals surface area contributed by atoms with Crippen LogP contribution in [0.1, 0.15) is 25.7 Å². The summed E-state index contributed by atoms with van der Waals surface area (Å²) in [5.41, 5.74) is 0. The molecule has 2 saturated heterocycles. The Labute approximate surface area is 94.4 Å². The van der Waals surface area contributed by atoms with Gasteiger partial charge in [0, 0.05) is 25.7 Å². The Balaban J connectivity index is 1.99. The van der Waals surface area contributed by atoms with Crippen LogP contribution in [-0.2, 0) is 14.3 Å². The molecule has 1 amide bonds. The lowest BCUT2D eigenvalue weighted by Crippen LogP contribution is -2.44. The number of rotatable bonds is 2. The van der Waals surface area contributed by atoms with E-state index in [1.54, 1.807) is 4.90 Å². The second-order valence-corrected chi connectivity index (χ2v) is 4.41. The summed E-state index contributed by atoms with van der Waals surface area (Å²) in [5, 5.41) is 9.01. The number of carboxylic acid groups (broad SMARTS) is 1. The monoisotopic (exact) mass is 227 g/mol. The number of carbonyl (C=O) groups excluding carboxylic acids is 1. The fourth-order valence-electron chi connectivity index (χ4n) is 2.47. The van der Waals surface area contributed by atoms with Gasteiger partial charge in [-0.2, -0.15) is 0 Å². The molecule has 16 heavy (non-hydrogen) atoms. The first-order chi connectivity index (χ1) is 7.70. The van der Waals surface area contributed by atoms with Gasteiger partial charge in [0.15, 0.2) is 0 Å². The summed E-state index contributed by atoms with van der Waals surface area (Å²) in [4.78, 5) is 24.6. The number of carboxylic acids is 1. The van der Waals surface area contributed by atoms with Crippen LogP contribution in [0.2, 0.25) is 0 Å². The summed E-state index contributed by atoms with van der Waals surface area (Å²) in [6.07, 6.45) is 2.83. The van der Waals surface area contributed by atoms with Crippen molar-refractivity contribution in [2.24, 2.45) is 5.92 Å². The number of nitrogens with zero attached hydrogens (tertiary/aromatic N) is 1. The van der Waals surface area contributed by atoms with Crippen LogP contribution in [0.25, 0.3) is 0 Å². The molecule has 0 bridgehead atoms. The van der Waals surface area contributed by atoms with E-state index in [0.29, 0.717) is 26.2 Å². The van der Waals surface area contributed by atoms with Crippen LogP contribution in [0.3, 0.4) is 0 Å². The van der Waals surface area contributed by atoms with E-state index in [0.717, 1.165) is 19.3 Å². The second-order valence-electron chi connectivity index (χ2n) is 4.41. The number of carbonyl (C=O) groups is 2. The molecular formula is C11H17NO4. The lowest BCUT2D eigenvalue weighted by molar-refractivity contribution is -0.151. The largest absolute Gasteiger partial charge is 0.480 e. The molecule has 1 atom stereocenters. The van der Waals surface area contributed by atoms with Crippen LogP contribution >= 0.6 is 0 Å². The number of likely N-dealkylation sites (tertiary alicyclic amines) is 1. The Bertz CT molecular complexity index is 286. The maximum absolute atomic E-state index is 12.1. The first-order valence-corrected chi connectivity index (χ1v) is 5.81. The fraction of sp³-hybridized carbons (Fsp3) is 0.818. The van der Waals surface area contributed by atoms with Gasteiger partial charge < -0.3 is 14.7 Å². The maximum Gasteiger partial charge on any atom is 0.326 e. The zero-order valence-corrected chi connectivity index (χ0v) is 9.22. The topological polar surface area (TPSA) is 66.8 Å². The van der Waals surface area contributed by atoms with Gasteiger partial charge >= 0.3 is 5.97 Å². The van der Waals surface area contributed by atoms with E-state index in [4.69, 9.17) is 9.84 Å². The molecule has 0 aromatic heterocycles. The molecule has 5 nitrogen and oxygen atoms in total. The Morgan fingerprint density at radius 2 is 1.88 bits per heavy atom. The molecule has 2 rings (SSSR count). The summed E-state index contributed by atoms with van der Waals surface area (Å²) >= 11 is 0. The highest BCUT2D eigenvalue weighted by Crippen LogP contribution is 2.24. The molecule has 2 heterocycles. The smallest absolute Gasteiger partial charge is 0.326 e. The Morgan fingerprint density at radius 1 is 1.19 bits per heavy atom. The molecule has 1 N–H and O–H groups in total. The third-order valence-corrected chi connectivity index (χ3v) is 3.39. The predicted octanol–water partition coefficient (Wildman–Crippen LogP) is 0.489. The molecule has 0 unspecified atom stereocenters. The Morgan fingerprint density at radius 3 is 2.50 bits per heavy atom. The van der Waals surface area contributed by atoms with Gasteiger partial charge in [0.1, 0.15) is 6.04 Å². The Hall–Kier alpha value is -1.10. The molecular weight excluding hydrogens is 210 g/mol. The quantitative estimate of drug-likeness (QED) is 0.745. The van der Waals surface area contributed by atoms with Gasteiger partial charge in [-0.3, -0.25) is 4.79 Å². The molecule has 0 saturated carbocycles. The van der Waals surface area contributed by atoms with Crippen molar-refractivity contribution in [3.8, 4) is 0 Å². The van der Waals surface area contributed by atoms with Crippen LogP contribution in [0, 0.1) is 5.92 Å². The van der Waals surface area contributed by atoms with Gasteiger partial charge in [-0.1, -0.05) is 0 Å². The van der Waals surface area contributed by atoms with Gasteiger partial charge in [-0.05, 0) is 25.7 Å².